The van der Waals surface area contributed by atoms with Crippen LogP contribution in [-0.4, -0.2) is 11.5 Å². The molecule has 0 radical (unpaired) electrons. The molecule has 106 valence electrons. The second-order valence-electron chi connectivity index (χ2n) is 4.73. The second kappa shape index (κ2) is 6.57. The Labute approximate surface area is 117 Å². The number of benzene rings is 1. The van der Waals surface area contributed by atoms with Crippen LogP contribution < -0.4 is 5.32 Å². The van der Waals surface area contributed by atoms with Crippen LogP contribution in [0.2, 0.25) is 0 Å². The molecule has 0 bridgehead atoms. The van der Waals surface area contributed by atoms with Crippen molar-refractivity contribution in [2.45, 2.75) is 26.3 Å². The van der Waals surface area contributed by atoms with E-state index in [1.54, 1.807) is 6.20 Å². The normalized spacial score (nSPS) is 12.4. The minimum atomic E-state index is -0.417. The number of hydrogen-bond acceptors (Lipinski definition) is 2. The number of aryl methyl sites for hydroxylation is 1. The van der Waals surface area contributed by atoms with Crippen LogP contribution in [0.25, 0.3) is 0 Å². The van der Waals surface area contributed by atoms with Crippen LogP contribution >= 0.6 is 0 Å². The lowest BCUT2D eigenvalue weighted by atomic mass is 9.97. The maximum absolute atomic E-state index is 13.8. The van der Waals surface area contributed by atoms with Crippen LogP contribution in [0.4, 0.5) is 8.78 Å². The number of aromatic nitrogens is 1. The van der Waals surface area contributed by atoms with Crippen LogP contribution in [-0.2, 0) is 6.42 Å². The summed E-state index contributed by atoms with van der Waals surface area (Å²) in [5.74, 6) is -0.796. The first-order valence-electron chi connectivity index (χ1n) is 6.70. The Morgan fingerprint density at radius 3 is 2.75 bits per heavy atom. The van der Waals surface area contributed by atoms with Gasteiger partial charge in [-0.1, -0.05) is 13.0 Å². The molecule has 0 aliphatic carbocycles. The lowest BCUT2D eigenvalue weighted by molar-refractivity contribution is 0.519. The third-order valence-corrected chi connectivity index (χ3v) is 3.31. The van der Waals surface area contributed by atoms with Gasteiger partial charge in [0.2, 0.25) is 0 Å². The smallest absolute Gasteiger partial charge is 0.126 e. The zero-order chi connectivity index (χ0) is 14.5. The quantitative estimate of drug-likeness (QED) is 0.903. The molecular weight excluding hydrogens is 258 g/mol. The van der Waals surface area contributed by atoms with E-state index in [2.05, 4.69) is 10.3 Å². The van der Waals surface area contributed by atoms with Crippen LogP contribution in [0.15, 0.2) is 36.5 Å². The summed E-state index contributed by atoms with van der Waals surface area (Å²) in [6.45, 7) is 4.65. The van der Waals surface area contributed by atoms with Gasteiger partial charge in [-0.05, 0) is 55.3 Å². The van der Waals surface area contributed by atoms with Crippen molar-refractivity contribution in [1.82, 2.24) is 10.3 Å². The summed E-state index contributed by atoms with van der Waals surface area (Å²) in [7, 11) is 0. The van der Waals surface area contributed by atoms with E-state index in [1.165, 1.54) is 12.1 Å². The SMILES string of the molecule is CCNC(Cc1cc(F)ccc1F)c1cccnc1C. The number of halogens is 2. The Morgan fingerprint density at radius 1 is 1.25 bits per heavy atom. The van der Waals surface area contributed by atoms with Crippen LogP contribution in [0.1, 0.15) is 29.8 Å². The van der Waals surface area contributed by atoms with E-state index in [4.69, 9.17) is 0 Å². The minimum absolute atomic E-state index is 0.0787. The largest absolute Gasteiger partial charge is 0.310 e. The van der Waals surface area contributed by atoms with Crippen LogP contribution in [0.5, 0.6) is 0 Å². The van der Waals surface area contributed by atoms with Crippen molar-refractivity contribution in [3.63, 3.8) is 0 Å². The van der Waals surface area contributed by atoms with Gasteiger partial charge < -0.3 is 5.32 Å². The molecule has 1 aromatic carbocycles. The third-order valence-electron chi connectivity index (χ3n) is 3.31. The number of likely N-dealkylation sites (N-methyl/N-ethyl adjacent to an activating group) is 1. The van der Waals surface area contributed by atoms with E-state index in [-0.39, 0.29) is 11.9 Å². The van der Waals surface area contributed by atoms with Crippen molar-refractivity contribution in [2.24, 2.45) is 0 Å². The summed E-state index contributed by atoms with van der Waals surface area (Å²) >= 11 is 0. The molecule has 0 spiro atoms. The Kier molecular flexibility index (Phi) is 4.79. The van der Waals surface area contributed by atoms with E-state index in [1.807, 2.05) is 26.0 Å². The Bertz CT molecular complexity index is 584. The first-order chi connectivity index (χ1) is 9.61. The average molecular weight is 276 g/mol. The fourth-order valence-electron chi connectivity index (χ4n) is 2.32. The zero-order valence-electron chi connectivity index (χ0n) is 11.7. The molecule has 0 aliphatic heterocycles. The number of hydrogen-bond donors (Lipinski definition) is 1. The fourth-order valence-corrected chi connectivity index (χ4v) is 2.32. The molecule has 2 nitrogen and oxygen atoms in total. The van der Waals surface area contributed by atoms with Gasteiger partial charge in [0, 0.05) is 17.9 Å². The summed E-state index contributed by atoms with van der Waals surface area (Å²) in [5.41, 5.74) is 2.28. The molecule has 1 N–H and O–H groups in total. The summed E-state index contributed by atoms with van der Waals surface area (Å²) < 4.78 is 27.0. The summed E-state index contributed by atoms with van der Waals surface area (Å²) in [4.78, 5) is 4.26. The average Bonchev–Trinajstić information content (AvgIpc) is 2.43. The molecular formula is C16H18F2N2. The zero-order valence-corrected chi connectivity index (χ0v) is 11.7. The van der Waals surface area contributed by atoms with Gasteiger partial charge in [0.15, 0.2) is 0 Å². The van der Waals surface area contributed by atoms with Crippen molar-refractivity contribution in [1.29, 1.82) is 0 Å². The molecule has 0 fully saturated rings. The molecule has 1 atom stereocenters. The maximum Gasteiger partial charge on any atom is 0.126 e. The van der Waals surface area contributed by atoms with Gasteiger partial charge >= 0.3 is 0 Å². The third kappa shape index (κ3) is 3.39. The van der Waals surface area contributed by atoms with Crippen molar-refractivity contribution in [3.8, 4) is 0 Å². The summed E-state index contributed by atoms with van der Waals surface area (Å²) in [5, 5.41) is 3.31. The number of nitrogens with one attached hydrogen (secondary N) is 1. The molecule has 4 heteroatoms. The van der Waals surface area contributed by atoms with E-state index < -0.39 is 5.82 Å². The van der Waals surface area contributed by atoms with Crippen molar-refractivity contribution < 1.29 is 8.78 Å². The van der Waals surface area contributed by atoms with Gasteiger partial charge in [0.05, 0.1) is 0 Å². The van der Waals surface area contributed by atoms with Gasteiger partial charge in [-0.2, -0.15) is 0 Å². The highest BCUT2D eigenvalue weighted by molar-refractivity contribution is 5.27. The molecule has 0 saturated heterocycles. The second-order valence-corrected chi connectivity index (χ2v) is 4.73. The highest BCUT2D eigenvalue weighted by Crippen LogP contribution is 2.22. The van der Waals surface area contributed by atoms with E-state index in [0.29, 0.717) is 12.0 Å². The van der Waals surface area contributed by atoms with Gasteiger partial charge in [-0.25, -0.2) is 8.78 Å². The van der Waals surface area contributed by atoms with Crippen LogP contribution in [0.3, 0.4) is 0 Å². The lowest BCUT2D eigenvalue weighted by Crippen LogP contribution is -2.24. The standard InChI is InChI=1S/C16H18F2N2/c1-3-19-16(14-5-4-8-20-11(14)2)10-12-9-13(17)6-7-15(12)18/h4-9,16,19H,3,10H2,1-2H3. The highest BCUT2D eigenvalue weighted by atomic mass is 19.1. The molecule has 0 aliphatic rings. The molecule has 0 amide bonds. The maximum atomic E-state index is 13.8. The molecule has 1 heterocycles. The highest BCUT2D eigenvalue weighted by Gasteiger charge is 2.16. The van der Waals surface area contributed by atoms with Crippen molar-refractivity contribution in [2.75, 3.05) is 6.54 Å². The summed E-state index contributed by atoms with van der Waals surface area (Å²) in [6, 6.07) is 7.30. The van der Waals surface area contributed by atoms with E-state index >= 15 is 0 Å². The molecule has 1 aromatic heterocycles. The number of nitrogens with zero attached hydrogens (tertiary/aromatic N) is 1. The molecule has 0 saturated carbocycles. The van der Waals surface area contributed by atoms with Gasteiger partial charge in [-0.3, -0.25) is 4.98 Å². The predicted octanol–water partition coefficient (Wildman–Crippen LogP) is 3.56. The topological polar surface area (TPSA) is 24.9 Å². The lowest BCUT2D eigenvalue weighted by Gasteiger charge is -2.20. The Hall–Kier alpha value is -1.81. The molecule has 2 rings (SSSR count). The molecule has 2 aromatic rings. The minimum Gasteiger partial charge on any atom is -0.310 e. The van der Waals surface area contributed by atoms with Gasteiger partial charge in [0.1, 0.15) is 11.6 Å². The van der Waals surface area contributed by atoms with Crippen molar-refractivity contribution in [3.05, 3.63) is 65.0 Å². The Morgan fingerprint density at radius 2 is 2.05 bits per heavy atom. The number of pyridine rings is 1. The first kappa shape index (κ1) is 14.6. The number of rotatable bonds is 5. The van der Waals surface area contributed by atoms with Gasteiger partial charge in [0.25, 0.3) is 0 Å². The van der Waals surface area contributed by atoms with Gasteiger partial charge in [-0.15, -0.1) is 0 Å². The van der Waals surface area contributed by atoms with E-state index in [9.17, 15) is 8.78 Å². The van der Waals surface area contributed by atoms with E-state index in [0.717, 1.165) is 23.9 Å². The molecule has 20 heavy (non-hydrogen) atoms. The Balaban J connectivity index is 2.30. The monoisotopic (exact) mass is 276 g/mol. The van der Waals surface area contributed by atoms with Crippen molar-refractivity contribution >= 4 is 0 Å². The summed E-state index contributed by atoms with van der Waals surface area (Å²) in [6.07, 6.45) is 2.12. The first-order valence-corrected chi connectivity index (χ1v) is 6.70. The van der Waals surface area contributed by atoms with Crippen LogP contribution in [0, 0.1) is 18.6 Å². The fraction of sp³-hybridized carbons (Fsp3) is 0.312. The predicted molar refractivity (Wildman–Crippen MR) is 75.5 cm³/mol. The molecule has 1 unspecified atom stereocenters.